The van der Waals surface area contributed by atoms with Crippen molar-refractivity contribution in [2.45, 2.75) is 31.1 Å². The van der Waals surface area contributed by atoms with Crippen molar-refractivity contribution in [3.8, 4) is 0 Å². The van der Waals surface area contributed by atoms with Gasteiger partial charge in [0.1, 0.15) is 0 Å². The second-order valence-electron chi connectivity index (χ2n) is 6.23. The molecule has 0 amide bonds. The molecule has 0 atom stereocenters. The first-order valence-corrected chi connectivity index (χ1v) is 8.55. The van der Waals surface area contributed by atoms with Gasteiger partial charge in [-0.25, -0.2) is 13.2 Å². The molecule has 0 aliphatic rings. The van der Waals surface area contributed by atoms with Gasteiger partial charge >= 0.3 is 5.97 Å². The van der Waals surface area contributed by atoms with Crippen LogP contribution in [-0.4, -0.2) is 19.5 Å². The molecular weight excluding hydrogens is 314 g/mol. The molecule has 0 aromatic heterocycles. The number of hydrogen-bond acceptors (Lipinski definition) is 3. The highest BCUT2D eigenvalue weighted by Crippen LogP contribution is 2.25. The Morgan fingerprint density at radius 2 is 1.57 bits per heavy atom. The van der Waals surface area contributed by atoms with Crippen molar-refractivity contribution in [1.29, 1.82) is 0 Å². The van der Waals surface area contributed by atoms with Crippen LogP contribution in [0.1, 0.15) is 36.7 Å². The summed E-state index contributed by atoms with van der Waals surface area (Å²) in [4.78, 5) is 11.3. The maximum absolute atomic E-state index is 12.4. The molecule has 0 saturated carbocycles. The van der Waals surface area contributed by atoms with Gasteiger partial charge in [-0.05, 0) is 35.2 Å². The van der Waals surface area contributed by atoms with E-state index in [1.54, 1.807) is 24.3 Å². The van der Waals surface area contributed by atoms with E-state index in [1.807, 2.05) is 20.8 Å². The molecule has 0 heterocycles. The number of carboxylic acid groups (broad SMARTS) is 1. The van der Waals surface area contributed by atoms with Gasteiger partial charge in [0.05, 0.1) is 16.1 Å². The standard InChI is InChI=1S/C17H19NO4S/c1-17(2,3)12-8-10-13(11-9-12)23(21,22)18-15-7-5-4-6-14(15)16(19)20/h4-11,18H,1-3H3,(H,19,20). The van der Waals surface area contributed by atoms with Crippen LogP contribution in [0.2, 0.25) is 0 Å². The lowest BCUT2D eigenvalue weighted by atomic mass is 9.87. The third kappa shape index (κ3) is 3.90. The van der Waals surface area contributed by atoms with E-state index in [0.717, 1.165) is 5.56 Å². The summed E-state index contributed by atoms with van der Waals surface area (Å²) in [6.07, 6.45) is 0. The van der Waals surface area contributed by atoms with Crippen LogP contribution < -0.4 is 4.72 Å². The van der Waals surface area contributed by atoms with Gasteiger partial charge in [0.15, 0.2) is 0 Å². The first kappa shape index (κ1) is 17.0. The fourth-order valence-corrected chi connectivity index (χ4v) is 3.18. The number of benzene rings is 2. The zero-order valence-corrected chi connectivity index (χ0v) is 14.0. The minimum Gasteiger partial charge on any atom is -0.478 e. The Hall–Kier alpha value is -2.34. The minimum absolute atomic E-state index is 0.0416. The van der Waals surface area contributed by atoms with Gasteiger partial charge in [-0.3, -0.25) is 4.72 Å². The Morgan fingerprint density at radius 1 is 1.00 bits per heavy atom. The molecule has 0 saturated heterocycles. The molecule has 122 valence electrons. The molecule has 5 nitrogen and oxygen atoms in total. The minimum atomic E-state index is -3.84. The quantitative estimate of drug-likeness (QED) is 0.897. The summed E-state index contributed by atoms with van der Waals surface area (Å²) >= 11 is 0. The number of aromatic carboxylic acids is 1. The van der Waals surface area contributed by atoms with Gasteiger partial charge in [0.25, 0.3) is 10.0 Å². The van der Waals surface area contributed by atoms with E-state index < -0.39 is 16.0 Å². The topological polar surface area (TPSA) is 83.5 Å². The summed E-state index contributed by atoms with van der Waals surface area (Å²) in [5, 5.41) is 9.12. The molecule has 0 spiro atoms. The zero-order valence-electron chi connectivity index (χ0n) is 13.2. The molecule has 0 bridgehead atoms. The van der Waals surface area contributed by atoms with E-state index in [4.69, 9.17) is 5.11 Å². The van der Waals surface area contributed by atoms with Gasteiger partial charge in [-0.2, -0.15) is 0 Å². The van der Waals surface area contributed by atoms with E-state index in [0.29, 0.717) is 0 Å². The maximum Gasteiger partial charge on any atom is 0.337 e. The largest absolute Gasteiger partial charge is 0.478 e. The van der Waals surface area contributed by atoms with Crippen molar-refractivity contribution < 1.29 is 18.3 Å². The van der Waals surface area contributed by atoms with E-state index >= 15 is 0 Å². The lowest BCUT2D eigenvalue weighted by Gasteiger charge is -2.19. The number of rotatable bonds is 4. The number of carboxylic acids is 1. The first-order chi connectivity index (χ1) is 10.6. The highest BCUT2D eigenvalue weighted by atomic mass is 32.2. The fraction of sp³-hybridized carbons (Fsp3) is 0.235. The first-order valence-electron chi connectivity index (χ1n) is 7.07. The Bertz CT molecular complexity index is 818. The monoisotopic (exact) mass is 333 g/mol. The highest BCUT2D eigenvalue weighted by molar-refractivity contribution is 7.92. The van der Waals surface area contributed by atoms with Gasteiger partial charge in [-0.15, -0.1) is 0 Å². The van der Waals surface area contributed by atoms with Crippen molar-refractivity contribution >= 4 is 21.7 Å². The molecule has 0 radical (unpaired) electrons. The molecule has 23 heavy (non-hydrogen) atoms. The lowest BCUT2D eigenvalue weighted by molar-refractivity contribution is 0.0698. The predicted octanol–water partition coefficient (Wildman–Crippen LogP) is 3.48. The van der Waals surface area contributed by atoms with Gasteiger partial charge < -0.3 is 5.11 Å². The Kier molecular flexibility index (Phi) is 4.47. The number of anilines is 1. The Balaban J connectivity index is 2.35. The summed E-state index contributed by atoms with van der Waals surface area (Å²) in [5.41, 5.74) is 0.885. The smallest absolute Gasteiger partial charge is 0.337 e. The molecular formula is C17H19NO4S. The number of para-hydroxylation sites is 1. The molecule has 2 N–H and O–H groups in total. The molecule has 2 aromatic rings. The van der Waals surface area contributed by atoms with Crippen LogP contribution in [0, 0.1) is 0 Å². The molecule has 0 unspecified atom stereocenters. The van der Waals surface area contributed by atoms with Crippen LogP contribution in [0.15, 0.2) is 53.4 Å². The molecule has 0 fully saturated rings. The summed E-state index contributed by atoms with van der Waals surface area (Å²) < 4.78 is 27.2. The van der Waals surface area contributed by atoms with Crippen molar-refractivity contribution in [3.05, 3.63) is 59.7 Å². The SMILES string of the molecule is CC(C)(C)c1ccc(S(=O)(=O)Nc2ccccc2C(=O)O)cc1. The summed E-state index contributed by atoms with van der Waals surface area (Å²) in [5.74, 6) is -1.19. The van der Waals surface area contributed by atoms with Crippen molar-refractivity contribution in [3.63, 3.8) is 0 Å². The normalized spacial score (nSPS) is 12.0. The van der Waals surface area contributed by atoms with Crippen LogP contribution in [0.3, 0.4) is 0 Å². The van der Waals surface area contributed by atoms with Crippen LogP contribution in [0.5, 0.6) is 0 Å². The van der Waals surface area contributed by atoms with Crippen molar-refractivity contribution in [1.82, 2.24) is 0 Å². The van der Waals surface area contributed by atoms with E-state index in [2.05, 4.69) is 4.72 Å². The van der Waals surface area contributed by atoms with E-state index in [-0.39, 0.29) is 21.6 Å². The second kappa shape index (κ2) is 6.04. The van der Waals surface area contributed by atoms with Gasteiger partial charge in [0, 0.05) is 0 Å². The highest BCUT2D eigenvalue weighted by Gasteiger charge is 2.19. The molecule has 0 aliphatic heterocycles. The van der Waals surface area contributed by atoms with Crippen LogP contribution in [0.25, 0.3) is 0 Å². The summed E-state index contributed by atoms with van der Waals surface area (Å²) in [7, 11) is -3.84. The number of hydrogen-bond donors (Lipinski definition) is 2. The summed E-state index contributed by atoms with van der Waals surface area (Å²) in [6.45, 7) is 6.12. The fourth-order valence-electron chi connectivity index (χ4n) is 2.10. The van der Waals surface area contributed by atoms with Crippen molar-refractivity contribution in [2.75, 3.05) is 4.72 Å². The molecule has 0 aliphatic carbocycles. The third-order valence-corrected chi connectivity index (χ3v) is 4.81. The Labute approximate surface area is 136 Å². The number of sulfonamides is 1. The van der Waals surface area contributed by atoms with E-state index in [1.165, 1.54) is 24.3 Å². The molecule has 2 rings (SSSR count). The van der Waals surface area contributed by atoms with Gasteiger partial charge in [0.2, 0.25) is 0 Å². The van der Waals surface area contributed by atoms with E-state index in [9.17, 15) is 13.2 Å². The number of carbonyl (C=O) groups is 1. The average molecular weight is 333 g/mol. The second-order valence-corrected chi connectivity index (χ2v) is 7.91. The predicted molar refractivity (Wildman–Crippen MR) is 89.4 cm³/mol. The Morgan fingerprint density at radius 3 is 2.09 bits per heavy atom. The molecule has 6 heteroatoms. The maximum atomic E-state index is 12.4. The van der Waals surface area contributed by atoms with Crippen LogP contribution >= 0.6 is 0 Å². The van der Waals surface area contributed by atoms with Crippen LogP contribution in [0.4, 0.5) is 5.69 Å². The van der Waals surface area contributed by atoms with Crippen molar-refractivity contribution in [2.24, 2.45) is 0 Å². The average Bonchev–Trinajstić information content (AvgIpc) is 2.46. The zero-order chi connectivity index (χ0) is 17.3. The third-order valence-electron chi connectivity index (χ3n) is 3.43. The summed E-state index contributed by atoms with van der Waals surface area (Å²) in [6, 6.07) is 12.5. The lowest BCUT2D eigenvalue weighted by Crippen LogP contribution is -2.16. The molecule has 2 aromatic carbocycles. The van der Waals surface area contributed by atoms with Gasteiger partial charge in [-0.1, -0.05) is 45.0 Å². The number of nitrogens with one attached hydrogen (secondary N) is 1. The van der Waals surface area contributed by atoms with Crippen LogP contribution in [-0.2, 0) is 15.4 Å².